The molecule has 0 amide bonds. The molecule has 0 N–H and O–H groups in total. The van der Waals surface area contributed by atoms with Gasteiger partial charge >= 0.3 is 0 Å². The number of aryl methyl sites for hydroxylation is 1. The summed E-state index contributed by atoms with van der Waals surface area (Å²) < 4.78 is 2.21. The number of rotatable bonds is 0. The molecule has 0 atom stereocenters. The number of hydrogen-bond donors (Lipinski definition) is 0. The molecule has 1 aliphatic carbocycles. The molecular formula is C10H13N. The van der Waals surface area contributed by atoms with E-state index in [4.69, 9.17) is 0 Å². The van der Waals surface area contributed by atoms with Crippen LogP contribution in [0.15, 0.2) is 12.3 Å². The van der Waals surface area contributed by atoms with E-state index in [0.29, 0.717) is 0 Å². The zero-order valence-corrected chi connectivity index (χ0v) is 7.09. The Morgan fingerprint density at radius 1 is 1.45 bits per heavy atom. The number of allylic oxidation sites excluding steroid dienone is 1. The minimum Gasteiger partial charge on any atom is -0.354 e. The Kier molecular flexibility index (Phi) is 1.38. The van der Waals surface area contributed by atoms with Crippen molar-refractivity contribution >= 4 is 6.08 Å². The van der Waals surface area contributed by atoms with E-state index in [1.807, 2.05) is 0 Å². The average Bonchev–Trinajstić information content (AvgIpc) is 2.30. The largest absolute Gasteiger partial charge is 0.354 e. The van der Waals surface area contributed by atoms with Gasteiger partial charge in [0, 0.05) is 18.9 Å². The van der Waals surface area contributed by atoms with E-state index in [9.17, 15) is 0 Å². The zero-order chi connectivity index (χ0) is 7.84. The quantitative estimate of drug-likeness (QED) is 0.530. The minimum atomic E-state index is 1.21. The first kappa shape index (κ1) is 6.71. The van der Waals surface area contributed by atoms with Gasteiger partial charge in [0.1, 0.15) is 0 Å². The van der Waals surface area contributed by atoms with Crippen molar-refractivity contribution in [1.82, 2.24) is 4.57 Å². The summed E-state index contributed by atoms with van der Waals surface area (Å²) in [5.74, 6) is 0. The first-order valence-corrected chi connectivity index (χ1v) is 4.10. The molecule has 0 unspecified atom stereocenters. The molecule has 1 aliphatic rings. The molecule has 2 rings (SSSR count). The smallest absolute Gasteiger partial charge is 0.0179 e. The maximum atomic E-state index is 2.25. The van der Waals surface area contributed by atoms with Crippen molar-refractivity contribution in [3.05, 3.63) is 29.1 Å². The molecule has 1 heterocycles. The van der Waals surface area contributed by atoms with Gasteiger partial charge in [0.25, 0.3) is 0 Å². The third-order valence-electron chi connectivity index (χ3n) is 2.51. The van der Waals surface area contributed by atoms with Gasteiger partial charge in [-0.2, -0.15) is 0 Å². The molecule has 0 saturated heterocycles. The molecule has 1 aromatic heterocycles. The summed E-state index contributed by atoms with van der Waals surface area (Å²) in [5, 5.41) is 0. The molecule has 0 saturated carbocycles. The van der Waals surface area contributed by atoms with Gasteiger partial charge in [-0.3, -0.25) is 0 Å². The van der Waals surface area contributed by atoms with Crippen molar-refractivity contribution in [2.75, 3.05) is 0 Å². The molecule has 58 valence electrons. The Labute approximate surface area is 67.3 Å². The highest BCUT2D eigenvalue weighted by Gasteiger charge is 2.09. The zero-order valence-electron chi connectivity index (χ0n) is 7.09. The van der Waals surface area contributed by atoms with E-state index in [0.717, 1.165) is 0 Å². The van der Waals surface area contributed by atoms with Gasteiger partial charge in [0.15, 0.2) is 0 Å². The number of aromatic nitrogens is 1. The highest BCUT2D eigenvalue weighted by Crippen LogP contribution is 2.23. The number of fused-ring (bicyclic) bond motifs is 1. The van der Waals surface area contributed by atoms with Crippen LogP contribution in [0.25, 0.3) is 6.08 Å². The topological polar surface area (TPSA) is 4.93 Å². The second kappa shape index (κ2) is 2.26. The summed E-state index contributed by atoms with van der Waals surface area (Å²) in [5.41, 5.74) is 4.37. The standard InChI is InChI=1S/C10H13N/c1-8-10-6-4-3-5-9(10)7-11(8)2/h3,5,7H,4,6H2,1-2H3. The summed E-state index contributed by atoms with van der Waals surface area (Å²) in [6, 6.07) is 0. The van der Waals surface area contributed by atoms with Gasteiger partial charge in [0.2, 0.25) is 0 Å². The molecule has 0 fully saturated rings. The first-order valence-electron chi connectivity index (χ1n) is 4.10. The van der Waals surface area contributed by atoms with Crippen LogP contribution in [-0.2, 0) is 13.5 Å². The predicted octanol–water partition coefficient (Wildman–Crippen LogP) is 2.29. The van der Waals surface area contributed by atoms with Crippen molar-refractivity contribution in [2.24, 2.45) is 7.05 Å². The Balaban J connectivity index is 2.61. The maximum absolute atomic E-state index is 2.25. The summed E-state index contributed by atoms with van der Waals surface area (Å²) in [6.45, 7) is 2.19. The van der Waals surface area contributed by atoms with Crippen LogP contribution in [0.4, 0.5) is 0 Å². The molecule has 0 aromatic carbocycles. The monoisotopic (exact) mass is 147 g/mol. The fourth-order valence-electron chi connectivity index (χ4n) is 1.71. The Bertz CT molecular complexity index is 305. The molecule has 1 aromatic rings. The third kappa shape index (κ3) is 0.917. The minimum absolute atomic E-state index is 1.21. The molecule has 0 aliphatic heterocycles. The van der Waals surface area contributed by atoms with Crippen LogP contribution in [0.2, 0.25) is 0 Å². The normalized spacial score (nSPS) is 15.1. The molecule has 1 nitrogen and oxygen atoms in total. The SMILES string of the molecule is Cc1c2c(cn1C)C=CCC2. The Morgan fingerprint density at radius 3 is 3.00 bits per heavy atom. The van der Waals surface area contributed by atoms with Gasteiger partial charge in [-0.1, -0.05) is 12.2 Å². The predicted molar refractivity (Wildman–Crippen MR) is 47.5 cm³/mol. The van der Waals surface area contributed by atoms with Crippen LogP contribution in [0.1, 0.15) is 23.2 Å². The lowest BCUT2D eigenvalue weighted by molar-refractivity contribution is 0.862. The van der Waals surface area contributed by atoms with E-state index < -0.39 is 0 Å². The molecule has 1 heteroatoms. The van der Waals surface area contributed by atoms with Crippen molar-refractivity contribution in [1.29, 1.82) is 0 Å². The second-order valence-corrected chi connectivity index (χ2v) is 3.20. The van der Waals surface area contributed by atoms with Gasteiger partial charge in [-0.05, 0) is 30.9 Å². The lowest BCUT2D eigenvalue weighted by Crippen LogP contribution is -1.93. The highest BCUT2D eigenvalue weighted by atomic mass is 14.9. The van der Waals surface area contributed by atoms with Gasteiger partial charge in [0.05, 0.1) is 0 Å². The van der Waals surface area contributed by atoms with Crippen LogP contribution in [0, 0.1) is 6.92 Å². The summed E-state index contributed by atoms with van der Waals surface area (Å²) in [6.07, 6.45) is 9.12. The van der Waals surface area contributed by atoms with Gasteiger partial charge in [-0.25, -0.2) is 0 Å². The van der Waals surface area contributed by atoms with E-state index in [1.54, 1.807) is 0 Å². The van der Waals surface area contributed by atoms with Crippen molar-refractivity contribution in [3.63, 3.8) is 0 Å². The molecule has 0 bridgehead atoms. The van der Waals surface area contributed by atoms with E-state index in [-0.39, 0.29) is 0 Å². The number of nitrogens with zero attached hydrogens (tertiary/aromatic N) is 1. The number of hydrogen-bond acceptors (Lipinski definition) is 0. The van der Waals surface area contributed by atoms with E-state index in [1.165, 1.54) is 29.7 Å². The van der Waals surface area contributed by atoms with Gasteiger partial charge < -0.3 is 4.57 Å². The van der Waals surface area contributed by atoms with Crippen LogP contribution in [0.5, 0.6) is 0 Å². The van der Waals surface area contributed by atoms with Crippen LogP contribution >= 0.6 is 0 Å². The molecule has 0 spiro atoms. The van der Waals surface area contributed by atoms with Crippen molar-refractivity contribution in [2.45, 2.75) is 19.8 Å². The van der Waals surface area contributed by atoms with E-state index >= 15 is 0 Å². The fraction of sp³-hybridized carbons (Fsp3) is 0.400. The maximum Gasteiger partial charge on any atom is 0.0179 e. The average molecular weight is 147 g/mol. The molecular weight excluding hydrogens is 134 g/mol. The highest BCUT2D eigenvalue weighted by molar-refractivity contribution is 5.57. The molecule has 11 heavy (non-hydrogen) atoms. The lowest BCUT2D eigenvalue weighted by Gasteiger charge is -2.04. The third-order valence-corrected chi connectivity index (χ3v) is 2.51. The summed E-state index contributed by atoms with van der Waals surface area (Å²) >= 11 is 0. The van der Waals surface area contributed by atoms with Crippen molar-refractivity contribution in [3.8, 4) is 0 Å². The Morgan fingerprint density at radius 2 is 2.27 bits per heavy atom. The van der Waals surface area contributed by atoms with E-state index in [2.05, 4.69) is 36.9 Å². The summed E-state index contributed by atoms with van der Waals surface area (Å²) in [4.78, 5) is 0. The molecule has 0 radical (unpaired) electrons. The van der Waals surface area contributed by atoms with Crippen molar-refractivity contribution < 1.29 is 0 Å². The first-order chi connectivity index (χ1) is 5.29. The van der Waals surface area contributed by atoms with Crippen LogP contribution in [-0.4, -0.2) is 4.57 Å². The fourth-order valence-corrected chi connectivity index (χ4v) is 1.71. The second-order valence-electron chi connectivity index (χ2n) is 3.20. The Hall–Kier alpha value is -0.980. The van der Waals surface area contributed by atoms with Gasteiger partial charge in [-0.15, -0.1) is 0 Å². The van der Waals surface area contributed by atoms with Crippen LogP contribution in [0.3, 0.4) is 0 Å². The summed E-state index contributed by atoms with van der Waals surface area (Å²) in [7, 11) is 2.11. The van der Waals surface area contributed by atoms with Crippen LogP contribution < -0.4 is 0 Å². The lowest BCUT2D eigenvalue weighted by atomic mass is 10.0.